The van der Waals surface area contributed by atoms with E-state index in [0.29, 0.717) is 13.1 Å². The van der Waals surface area contributed by atoms with Gasteiger partial charge in [0.05, 0.1) is 25.5 Å². The largest absolute Gasteiger partial charge is 0.394 e. The summed E-state index contributed by atoms with van der Waals surface area (Å²) < 4.78 is 1.46. The fourth-order valence-electron chi connectivity index (χ4n) is 1.01. The van der Waals surface area contributed by atoms with Crippen molar-refractivity contribution in [2.45, 2.75) is 12.6 Å². The number of carbonyl (C=O) groups is 1. The molecule has 0 aliphatic rings. The minimum atomic E-state index is -0.969. The number of rotatable bonds is 6. The van der Waals surface area contributed by atoms with E-state index < -0.39 is 18.6 Å². The van der Waals surface area contributed by atoms with Crippen LogP contribution in [0.2, 0.25) is 0 Å². The minimum Gasteiger partial charge on any atom is -0.394 e. The molecule has 0 aliphatic carbocycles. The third-order valence-electron chi connectivity index (χ3n) is 1.84. The predicted octanol–water partition coefficient (Wildman–Crippen LogP) is -2.68. The third kappa shape index (κ3) is 3.57. The Balaban J connectivity index is 2.46. The van der Waals surface area contributed by atoms with E-state index in [1.165, 1.54) is 10.9 Å². The molecule has 0 radical (unpaired) electrons. The number of hydrogen-bond donors (Lipinski definition) is 4. The van der Waals surface area contributed by atoms with Crippen LogP contribution < -0.4 is 11.1 Å². The van der Waals surface area contributed by atoms with Crippen molar-refractivity contribution < 1.29 is 15.0 Å². The molecule has 0 spiro atoms. The lowest BCUT2D eigenvalue weighted by Crippen LogP contribution is -2.34. The molecule has 8 heteroatoms. The SMILES string of the molecule is NCCn1cc(C(=O)NCC(O)CO)nn1. The van der Waals surface area contributed by atoms with Crippen molar-refractivity contribution >= 4 is 5.91 Å². The lowest BCUT2D eigenvalue weighted by Gasteiger charge is -2.06. The highest BCUT2D eigenvalue weighted by atomic mass is 16.3. The molecule has 1 aromatic heterocycles. The van der Waals surface area contributed by atoms with Crippen molar-refractivity contribution in [1.29, 1.82) is 0 Å². The van der Waals surface area contributed by atoms with Gasteiger partial charge in [0.25, 0.3) is 5.91 Å². The third-order valence-corrected chi connectivity index (χ3v) is 1.84. The molecule has 1 amide bonds. The maximum absolute atomic E-state index is 11.4. The number of nitrogens with one attached hydrogen (secondary N) is 1. The van der Waals surface area contributed by atoms with Crippen molar-refractivity contribution in [3.05, 3.63) is 11.9 Å². The highest BCUT2D eigenvalue weighted by molar-refractivity contribution is 5.91. The molecule has 0 saturated heterocycles. The molecule has 8 nitrogen and oxygen atoms in total. The lowest BCUT2D eigenvalue weighted by molar-refractivity contribution is 0.0798. The number of carbonyl (C=O) groups excluding carboxylic acids is 1. The van der Waals surface area contributed by atoms with Gasteiger partial charge in [-0.2, -0.15) is 0 Å². The summed E-state index contributed by atoms with van der Waals surface area (Å²) in [7, 11) is 0. The van der Waals surface area contributed by atoms with Crippen LogP contribution in [0.15, 0.2) is 6.20 Å². The van der Waals surface area contributed by atoms with Crippen molar-refractivity contribution in [3.63, 3.8) is 0 Å². The highest BCUT2D eigenvalue weighted by Gasteiger charge is 2.11. The minimum absolute atomic E-state index is 0.0287. The Labute approximate surface area is 92.1 Å². The van der Waals surface area contributed by atoms with Crippen LogP contribution in [-0.2, 0) is 6.54 Å². The van der Waals surface area contributed by atoms with E-state index in [0.717, 1.165) is 0 Å². The van der Waals surface area contributed by atoms with E-state index in [-0.39, 0.29) is 12.2 Å². The summed E-state index contributed by atoms with van der Waals surface area (Å²) in [4.78, 5) is 11.4. The first-order valence-electron chi connectivity index (χ1n) is 4.84. The smallest absolute Gasteiger partial charge is 0.273 e. The molecule has 1 aromatic rings. The van der Waals surface area contributed by atoms with Crippen LogP contribution in [0.4, 0.5) is 0 Å². The zero-order valence-electron chi connectivity index (χ0n) is 8.70. The molecule has 0 aliphatic heterocycles. The first-order chi connectivity index (χ1) is 7.67. The molecule has 0 saturated carbocycles. The number of aromatic nitrogens is 3. The molecule has 1 heterocycles. The monoisotopic (exact) mass is 229 g/mol. The van der Waals surface area contributed by atoms with Gasteiger partial charge >= 0.3 is 0 Å². The van der Waals surface area contributed by atoms with Crippen LogP contribution >= 0.6 is 0 Å². The van der Waals surface area contributed by atoms with Gasteiger partial charge in [0.2, 0.25) is 0 Å². The molecule has 0 aromatic carbocycles. The van der Waals surface area contributed by atoms with Crippen molar-refractivity contribution in [3.8, 4) is 0 Å². The second kappa shape index (κ2) is 6.16. The molecule has 16 heavy (non-hydrogen) atoms. The Morgan fingerprint density at radius 3 is 3.06 bits per heavy atom. The Bertz CT molecular complexity index is 340. The van der Waals surface area contributed by atoms with Crippen molar-refractivity contribution in [2.24, 2.45) is 5.73 Å². The first kappa shape index (κ1) is 12.6. The number of nitrogens with zero attached hydrogens (tertiary/aromatic N) is 3. The summed E-state index contributed by atoms with van der Waals surface area (Å²) in [5, 5.41) is 27.3. The molecule has 1 atom stereocenters. The molecule has 0 fully saturated rings. The van der Waals surface area contributed by atoms with Gasteiger partial charge in [-0.25, -0.2) is 0 Å². The Morgan fingerprint density at radius 2 is 2.44 bits per heavy atom. The van der Waals surface area contributed by atoms with Crippen LogP contribution in [0.5, 0.6) is 0 Å². The normalized spacial score (nSPS) is 12.4. The fourth-order valence-corrected chi connectivity index (χ4v) is 1.01. The van der Waals surface area contributed by atoms with Crippen LogP contribution in [0.25, 0.3) is 0 Å². The Morgan fingerprint density at radius 1 is 1.69 bits per heavy atom. The molecular formula is C8H15N5O3. The summed E-state index contributed by atoms with van der Waals surface area (Å²) in [6.45, 7) is 0.465. The molecule has 0 bridgehead atoms. The number of aliphatic hydroxyl groups is 2. The van der Waals surface area contributed by atoms with Crippen LogP contribution in [-0.4, -0.2) is 56.9 Å². The van der Waals surface area contributed by atoms with E-state index >= 15 is 0 Å². The number of hydrogen-bond acceptors (Lipinski definition) is 6. The maximum Gasteiger partial charge on any atom is 0.273 e. The number of nitrogens with two attached hydrogens (primary N) is 1. The molecule has 90 valence electrons. The van der Waals surface area contributed by atoms with E-state index in [1.54, 1.807) is 0 Å². The van der Waals surface area contributed by atoms with Gasteiger partial charge < -0.3 is 21.3 Å². The van der Waals surface area contributed by atoms with Gasteiger partial charge in [0, 0.05) is 13.1 Å². The van der Waals surface area contributed by atoms with Gasteiger partial charge in [-0.05, 0) is 0 Å². The zero-order chi connectivity index (χ0) is 12.0. The van der Waals surface area contributed by atoms with E-state index in [4.69, 9.17) is 15.9 Å². The van der Waals surface area contributed by atoms with Gasteiger partial charge in [-0.15, -0.1) is 5.10 Å². The van der Waals surface area contributed by atoms with E-state index in [1.807, 2.05) is 0 Å². The molecule has 1 rings (SSSR count). The standard InChI is InChI=1S/C8H15N5O3/c9-1-2-13-4-7(11-12-13)8(16)10-3-6(15)5-14/h4,6,14-15H,1-3,5,9H2,(H,10,16). The molecular weight excluding hydrogens is 214 g/mol. The van der Waals surface area contributed by atoms with Crippen molar-refractivity contribution in [1.82, 2.24) is 20.3 Å². The molecule has 5 N–H and O–H groups in total. The lowest BCUT2D eigenvalue weighted by atomic mass is 10.3. The number of amides is 1. The van der Waals surface area contributed by atoms with Gasteiger partial charge in [0.15, 0.2) is 5.69 Å². The van der Waals surface area contributed by atoms with Gasteiger partial charge in [-0.1, -0.05) is 5.21 Å². The molecule has 1 unspecified atom stereocenters. The summed E-state index contributed by atoms with van der Waals surface area (Å²) in [6, 6.07) is 0. The Kier molecular flexibility index (Phi) is 4.83. The van der Waals surface area contributed by atoms with Crippen molar-refractivity contribution in [2.75, 3.05) is 19.7 Å². The second-order valence-corrected chi connectivity index (χ2v) is 3.20. The maximum atomic E-state index is 11.4. The van der Waals surface area contributed by atoms with Crippen LogP contribution in [0, 0.1) is 0 Å². The number of aliphatic hydroxyl groups excluding tert-OH is 2. The predicted molar refractivity (Wildman–Crippen MR) is 54.5 cm³/mol. The van der Waals surface area contributed by atoms with Crippen LogP contribution in [0.3, 0.4) is 0 Å². The average molecular weight is 229 g/mol. The summed E-state index contributed by atoms with van der Waals surface area (Å²) in [5.74, 6) is -0.448. The van der Waals surface area contributed by atoms with Gasteiger partial charge in [-0.3, -0.25) is 9.48 Å². The topological polar surface area (TPSA) is 126 Å². The summed E-state index contributed by atoms with van der Waals surface area (Å²) in [6.07, 6.45) is 0.496. The first-order valence-corrected chi connectivity index (χ1v) is 4.84. The Hall–Kier alpha value is -1.51. The fraction of sp³-hybridized carbons (Fsp3) is 0.625. The highest BCUT2D eigenvalue weighted by Crippen LogP contribution is 1.92. The summed E-state index contributed by atoms with van der Waals surface area (Å²) >= 11 is 0. The average Bonchev–Trinajstić information content (AvgIpc) is 2.74. The zero-order valence-corrected chi connectivity index (χ0v) is 8.70. The second-order valence-electron chi connectivity index (χ2n) is 3.20. The van der Waals surface area contributed by atoms with E-state index in [2.05, 4.69) is 15.6 Å². The van der Waals surface area contributed by atoms with E-state index in [9.17, 15) is 4.79 Å². The quantitative estimate of drug-likeness (QED) is 0.421. The van der Waals surface area contributed by atoms with Crippen LogP contribution in [0.1, 0.15) is 10.5 Å². The summed E-state index contributed by atoms with van der Waals surface area (Å²) in [5.41, 5.74) is 5.46. The van der Waals surface area contributed by atoms with Gasteiger partial charge in [0.1, 0.15) is 0 Å².